The van der Waals surface area contributed by atoms with Gasteiger partial charge in [-0.3, -0.25) is 9.59 Å². The summed E-state index contributed by atoms with van der Waals surface area (Å²) in [6.45, 7) is 2.26. The van der Waals surface area contributed by atoms with E-state index in [1.165, 1.54) is 77.7 Å². The number of rotatable bonds is 19. The van der Waals surface area contributed by atoms with Gasteiger partial charge in [0.25, 0.3) is 0 Å². The van der Waals surface area contributed by atoms with Gasteiger partial charge in [0.2, 0.25) is 5.91 Å². The number of ether oxygens (including phenoxy) is 1. The number of nitrogens with two attached hydrogens (primary N) is 1. The second-order valence-electron chi connectivity index (χ2n) is 10.2. The topological polar surface area (TPSA) is 89.6 Å². The Morgan fingerprint density at radius 1 is 0.861 bits per heavy atom. The molecule has 1 amide bonds. The lowest BCUT2D eigenvalue weighted by Gasteiger charge is -2.21. The van der Waals surface area contributed by atoms with Crippen molar-refractivity contribution < 1.29 is 19.4 Å². The summed E-state index contributed by atoms with van der Waals surface area (Å²) in [5, 5.41) is 12.6. The van der Waals surface area contributed by atoms with E-state index in [4.69, 9.17) is 10.5 Å². The first-order chi connectivity index (χ1) is 17.5. The Labute approximate surface area is 217 Å². The largest absolute Gasteiger partial charge is 0.469 e. The predicted octanol–water partition coefficient (Wildman–Crippen LogP) is 7.11. The second-order valence-corrected chi connectivity index (χ2v) is 10.2. The molecular formula is C31H47NO4. The maximum Gasteiger partial charge on any atom is 0.311 e. The standard InChI is InChI=1S/C31H47NO4/c1-3-4-5-6-7-8-9-10-11-12-13-14-15-18-28(31(35)36-2)29(33)23-24-20-21-26-25(22-24)17-16-19-27(26)30(32)34/h16-17,19-22,28-29,33H,3-15,18,23H2,1-2H3,(H2,32,34). The number of unbranched alkanes of at least 4 members (excludes halogenated alkanes) is 12. The number of esters is 1. The molecule has 0 radical (unpaired) electrons. The molecule has 0 saturated heterocycles. The van der Waals surface area contributed by atoms with Crippen LogP contribution in [0.3, 0.4) is 0 Å². The minimum absolute atomic E-state index is 0.349. The first-order valence-corrected chi connectivity index (χ1v) is 14.0. The maximum absolute atomic E-state index is 12.4. The third-order valence-electron chi connectivity index (χ3n) is 7.24. The highest BCUT2D eigenvalue weighted by Gasteiger charge is 2.27. The number of hydrogen-bond acceptors (Lipinski definition) is 4. The fraction of sp³-hybridized carbons (Fsp3) is 0.613. The molecule has 5 heteroatoms. The third-order valence-corrected chi connectivity index (χ3v) is 7.24. The van der Waals surface area contributed by atoms with Gasteiger partial charge >= 0.3 is 5.97 Å². The SMILES string of the molecule is CCCCCCCCCCCCCCCC(C(=O)OC)C(O)Cc1ccc2c(C(N)=O)cccc2c1. The van der Waals surface area contributed by atoms with Crippen LogP contribution in [0, 0.1) is 5.92 Å². The maximum atomic E-state index is 12.4. The Balaban J connectivity index is 1.73. The molecule has 0 aliphatic heterocycles. The lowest BCUT2D eigenvalue weighted by Crippen LogP contribution is -2.31. The molecule has 0 bridgehead atoms. The molecule has 0 aliphatic rings. The average Bonchev–Trinajstić information content (AvgIpc) is 2.87. The number of hydrogen-bond donors (Lipinski definition) is 2. The van der Waals surface area contributed by atoms with Crippen molar-refractivity contribution in [1.82, 2.24) is 0 Å². The van der Waals surface area contributed by atoms with Gasteiger partial charge in [-0.05, 0) is 35.2 Å². The summed E-state index contributed by atoms with van der Waals surface area (Å²) in [7, 11) is 1.38. The van der Waals surface area contributed by atoms with E-state index in [2.05, 4.69) is 6.92 Å². The molecule has 0 spiro atoms. The van der Waals surface area contributed by atoms with E-state index >= 15 is 0 Å². The van der Waals surface area contributed by atoms with Gasteiger partial charge in [0, 0.05) is 5.56 Å². The summed E-state index contributed by atoms with van der Waals surface area (Å²) in [4.78, 5) is 24.1. The van der Waals surface area contributed by atoms with Crippen LogP contribution in [-0.2, 0) is 16.0 Å². The highest BCUT2D eigenvalue weighted by Crippen LogP contribution is 2.24. The smallest absolute Gasteiger partial charge is 0.311 e. The molecule has 2 unspecified atom stereocenters. The summed E-state index contributed by atoms with van der Waals surface area (Å²) < 4.78 is 5.00. The van der Waals surface area contributed by atoms with E-state index in [1.807, 2.05) is 24.3 Å². The van der Waals surface area contributed by atoms with E-state index in [9.17, 15) is 14.7 Å². The van der Waals surface area contributed by atoms with Crippen molar-refractivity contribution in [3.63, 3.8) is 0 Å². The predicted molar refractivity (Wildman–Crippen MR) is 148 cm³/mol. The summed E-state index contributed by atoms with van der Waals surface area (Å²) in [6.07, 6.45) is 16.7. The molecule has 0 aliphatic carbocycles. The zero-order valence-electron chi connectivity index (χ0n) is 22.5. The summed E-state index contributed by atoms with van der Waals surface area (Å²) >= 11 is 0. The summed E-state index contributed by atoms with van der Waals surface area (Å²) in [6, 6.07) is 11.1. The minimum atomic E-state index is -0.813. The highest BCUT2D eigenvalue weighted by molar-refractivity contribution is 6.06. The van der Waals surface area contributed by atoms with E-state index < -0.39 is 17.9 Å². The van der Waals surface area contributed by atoms with E-state index in [0.717, 1.165) is 29.2 Å². The van der Waals surface area contributed by atoms with Crippen LogP contribution < -0.4 is 5.73 Å². The molecule has 0 saturated carbocycles. The molecule has 0 heterocycles. The molecule has 200 valence electrons. The number of methoxy groups -OCH3 is 1. The van der Waals surface area contributed by atoms with Crippen LogP contribution in [0.4, 0.5) is 0 Å². The van der Waals surface area contributed by atoms with Crippen molar-refractivity contribution in [2.45, 2.75) is 109 Å². The van der Waals surface area contributed by atoms with Crippen molar-refractivity contribution in [1.29, 1.82) is 0 Å². The van der Waals surface area contributed by atoms with Gasteiger partial charge in [0.05, 0.1) is 19.1 Å². The van der Waals surface area contributed by atoms with Gasteiger partial charge in [-0.2, -0.15) is 0 Å². The fourth-order valence-corrected chi connectivity index (χ4v) is 5.06. The Kier molecular flexibility index (Phi) is 14.2. The van der Waals surface area contributed by atoms with E-state index in [1.54, 1.807) is 12.1 Å². The van der Waals surface area contributed by atoms with Crippen molar-refractivity contribution in [3.05, 3.63) is 47.5 Å². The molecule has 3 N–H and O–H groups in total. The zero-order chi connectivity index (χ0) is 26.2. The van der Waals surface area contributed by atoms with Crippen LogP contribution in [0.15, 0.2) is 36.4 Å². The Bertz CT molecular complexity index is 926. The highest BCUT2D eigenvalue weighted by atomic mass is 16.5. The number of aliphatic hydroxyl groups is 1. The van der Waals surface area contributed by atoms with Gasteiger partial charge in [-0.15, -0.1) is 0 Å². The van der Waals surface area contributed by atoms with Crippen LogP contribution >= 0.6 is 0 Å². The van der Waals surface area contributed by atoms with Gasteiger partial charge in [0.15, 0.2) is 0 Å². The third kappa shape index (κ3) is 10.3. The van der Waals surface area contributed by atoms with Gasteiger partial charge in [-0.1, -0.05) is 121 Å². The number of carbonyl (C=O) groups is 2. The van der Waals surface area contributed by atoms with Crippen molar-refractivity contribution in [2.24, 2.45) is 11.7 Å². The zero-order valence-corrected chi connectivity index (χ0v) is 22.5. The van der Waals surface area contributed by atoms with Crippen LogP contribution in [-0.4, -0.2) is 30.2 Å². The molecule has 36 heavy (non-hydrogen) atoms. The first kappa shape index (κ1) is 29.8. The van der Waals surface area contributed by atoms with Gasteiger partial charge in [-0.25, -0.2) is 0 Å². The Morgan fingerprint density at radius 2 is 1.44 bits per heavy atom. The molecule has 0 aromatic heterocycles. The molecule has 2 aromatic carbocycles. The fourth-order valence-electron chi connectivity index (χ4n) is 5.06. The number of carbonyl (C=O) groups excluding carboxylic acids is 2. The minimum Gasteiger partial charge on any atom is -0.469 e. The normalized spacial score (nSPS) is 13.0. The van der Waals surface area contributed by atoms with Crippen molar-refractivity contribution in [2.75, 3.05) is 7.11 Å². The first-order valence-electron chi connectivity index (χ1n) is 14.0. The lowest BCUT2D eigenvalue weighted by molar-refractivity contribution is -0.149. The van der Waals surface area contributed by atoms with Crippen molar-refractivity contribution >= 4 is 22.6 Å². The molecule has 2 atom stereocenters. The number of amides is 1. The van der Waals surface area contributed by atoms with Gasteiger partial charge in [0.1, 0.15) is 0 Å². The molecule has 2 aromatic rings. The van der Waals surface area contributed by atoms with Crippen LogP contribution in [0.2, 0.25) is 0 Å². The number of primary amides is 1. The summed E-state index contributed by atoms with van der Waals surface area (Å²) in [5.74, 6) is -1.34. The van der Waals surface area contributed by atoms with Crippen LogP contribution in [0.5, 0.6) is 0 Å². The van der Waals surface area contributed by atoms with Gasteiger partial charge < -0.3 is 15.6 Å². The Hall–Kier alpha value is -2.40. The average molecular weight is 498 g/mol. The number of aliphatic hydroxyl groups excluding tert-OH is 1. The number of fused-ring (bicyclic) bond motifs is 1. The Morgan fingerprint density at radius 3 is 2.00 bits per heavy atom. The van der Waals surface area contributed by atoms with E-state index in [0.29, 0.717) is 18.4 Å². The lowest BCUT2D eigenvalue weighted by atomic mass is 9.90. The molecular weight excluding hydrogens is 450 g/mol. The van der Waals surface area contributed by atoms with Crippen LogP contribution in [0.25, 0.3) is 10.8 Å². The molecule has 5 nitrogen and oxygen atoms in total. The monoisotopic (exact) mass is 497 g/mol. The van der Waals surface area contributed by atoms with Crippen LogP contribution in [0.1, 0.15) is 113 Å². The molecule has 0 fully saturated rings. The van der Waals surface area contributed by atoms with E-state index in [-0.39, 0.29) is 5.97 Å². The quantitative estimate of drug-likeness (QED) is 0.160. The number of benzene rings is 2. The van der Waals surface area contributed by atoms with Crippen molar-refractivity contribution in [3.8, 4) is 0 Å². The second kappa shape index (κ2) is 17.1. The summed E-state index contributed by atoms with van der Waals surface area (Å²) in [5.41, 5.74) is 6.87. The molecule has 2 rings (SSSR count).